The van der Waals surface area contributed by atoms with E-state index in [0.717, 1.165) is 6.92 Å². The third-order valence-electron chi connectivity index (χ3n) is 4.48. The molecule has 6 atom stereocenters. The van der Waals surface area contributed by atoms with Crippen LogP contribution in [-0.2, 0) is 23.9 Å². The highest BCUT2D eigenvalue weighted by Crippen LogP contribution is 2.53. The summed E-state index contributed by atoms with van der Waals surface area (Å²) in [6.07, 6.45) is -4.68. The quantitative estimate of drug-likeness (QED) is 0.291. The van der Waals surface area contributed by atoms with Crippen LogP contribution in [-0.4, -0.2) is 82.4 Å². The minimum absolute atomic E-state index is 0.632. The average molecular weight is 427 g/mol. The second-order valence-electron chi connectivity index (χ2n) is 6.01. The molecule has 0 aromatic carbocycles. The normalized spacial score (nSPS) is 42.6. The molecule has 11 heteroatoms. The van der Waals surface area contributed by atoms with Crippen molar-refractivity contribution >= 4 is 39.1 Å². The van der Waals surface area contributed by atoms with E-state index in [1.165, 1.54) is 0 Å². The van der Waals surface area contributed by atoms with Gasteiger partial charge >= 0.3 is 0 Å². The Labute approximate surface area is 150 Å². The fraction of sp³-hybridized carbons (Fsp3) is 0.714. The van der Waals surface area contributed by atoms with Crippen LogP contribution in [0.15, 0.2) is 0 Å². The van der Waals surface area contributed by atoms with Crippen LogP contribution in [0.2, 0.25) is 0 Å². The number of rotatable bonds is 5. The lowest BCUT2D eigenvalue weighted by Crippen LogP contribution is -2.89. The number of aliphatic hydroxyl groups excluding tert-OH is 1. The third kappa shape index (κ3) is 2.53. The molecule has 0 spiro atoms. The molecule has 1 saturated heterocycles. The number of ether oxygens (including phenoxy) is 1. The van der Waals surface area contributed by atoms with E-state index in [0.29, 0.717) is 20.8 Å². The van der Waals surface area contributed by atoms with Crippen LogP contribution in [0.5, 0.6) is 0 Å². The van der Waals surface area contributed by atoms with Crippen molar-refractivity contribution < 1.29 is 49.4 Å². The summed E-state index contributed by atoms with van der Waals surface area (Å²) in [7, 11) is 0. The summed E-state index contributed by atoms with van der Waals surface area (Å²) in [6.45, 7) is 2.82. The van der Waals surface area contributed by atoms with Crippen LogP contribution in [0, 0.1) is 0 Å². The topological polar surface area (TPSA) is 179 Å². The van der Waals surface area contributed by atoms with Crippen molar-refractivity contribution in [2.45, 2.75) is 61.4 Å². The van der Waals surface area contributed by atoms with Gasteiger partial charge < -0.3 is 30.3 Å². The Morgan fingerprint density at radius 3 is 1.56 bits per heavy atom. The number of Topliss-reactive ketones (excluding diaryl/α,β-unsaturated/α-hetero) is 4. The highest BCUT2D eigenvalue weighted by atomic mass is 79.9. The zero-order valence-electron chi connectivity index (χ0n) is 13.8. The van der Waals surface area contributed by atoms with E-state index >= 15 is 0 Å². The summed E-state index contributed by atoms with van der Waals surface area (Å²) in [5.41, 5.74) is -10.7. The Hall–Kier alpha value is -1.08. The molecular weight excluding hydrogens is 408 g/mol. The molecule has 0 radical (unpaired) electrons. The highest BCUT2D eigenvalue weighted by molar-refractivity contribution is 9.10. The first-order valence-electron chi connectivity index (χ1n) is 7.01. The predicted octanol–water partition coefficient (Wildman–Crippen LogP) is -2.66. The zero-order chi connectivity index (χ0) is 20.2. The Morgan fingerprint density at radius 1 is 0.880 bits per heavy atom. The lowest BCUT2D eigenvalue weighted by atomic mass is 9.60. The maximum absolute atomic E-state index is 12.2. The summed E-state index contributed by atoms with van der Waals surface area (Å²) in [5, 5.41) is 52.7. The molecule has 0 bridgehead atoms. The Balaban J connectivity index is 3.99. The average Bonchev–Trinajstić information content (AvgIpc) is 2.47. The largest absolute Gasteiger partial charge is 0.382 e. The molecule has 10 nitrogen and oxygen atoms in total. The molecule has 1 aliphatic heterocycles. The maximum atomic E-state index is 12.2. The molecule has 1 rings (SSSR count). The number of ketones is 4. The van der Waals surface area contributed by atoms with Crippen LogP contribution < -0.4 is 0 Å². The fourth-order valence-corrected chi connectivity index (χ4v) is 3.77. The van der Waals surface area contributed by atoms with E-state index in [2.05, 4.69) is 15.9 Å². The van der Waals surface area contributed by atoms with E-state index in [1.807, 2.05) is 0 Å². The number of aliphatic hydroxyl groups is 5. The highest BCUT2D eigenvalue weighted by Gasteiger charge is 2.83. The maximum Gasteiger partial charge on any atom is 0.265 e. The van der Waals surface area contributed by atoms with Gasteiger partial charge in [0.1, 0.15) is 12.2 Å². The van der Waals surface area contributed by atoms with Crippen molar-refractivity contribution in [1.29, 1.82) is 0 Å². The molecule has 0 aliphatic carbocycles. The lowest BCUT2D eigenvalue weighted by molar-refractivity contribution is -0.375. The van der Waals surface area contributed by atoms with Gasteiger partial charge in [0, 0.05) is 0 Å². The van der Waals surface area contributed by atoms with Gasteiger partial charge in [-0.15, -0.1) is 0 Å². The van der Waals surface area contributed by atoms with E-state index in [9.17, 15) is 44.7 Å². The Morgan fingerprint density at radius 2 is 1.28 bits per heavy atom. The number of hydrogen-bond donors (Lipinski definition) is 5. The number of hydrogen-bond acceptors (Lipinski definition) is 10. The van der Waals surface area contributed by atoms with Gasteiger partial charge in [-0.05, 0) is 43.6 Å². The molecule has 1 heterocycles. The van der Waals surface area contributed by atoms with Crippen molar-refractivity contribution in [3.05, 3.63) is 0 Å². The van der Waals surface area contributed by atoms with Gasteiger partial charge in [0.05, 0.1) is 0 Å². The number of carbonyl (C=O) groups is 4. The van der Waals surface area contributed by atoms with E-state index in [-0.39, 0.29) is 0 Å². The summed E-state index contributed by atoms with van der Waals surface area (Å²) < 4.78 is 1.62. The monoisotopic (exact) mass is 426 g/mol. The number of carbonyl (C=O) groups excluding carboxylic acids is 4. The lowest BCUT2D eigenvalue weighted by Gasteiger charge is -2.59. The minimum atomic E-state index is -3.66. The molecule has 142 valence electrons. The van der Waals surface area contributed by atoms with Crippen LogP contribution in [0.1, 0.15) is 27.7 Å². The van der Waals surface area contributed by atoms with Crippen molar-refractivity contribution in [2.24, 2.45) is 0 Å². The predicted molar refractivity (Wildman–Crippen MR) is 82.3 cm³/mol. The van der Waals surface area contributed by atoms with Crippen LogP contribution in [0.4, 0.5) is 0 Å². The molecule has 1 aliphatic rings. The van der Waals surface area contributed by atoms with Crippen molar-refractivity contribution in [3.8, 4) is 0 Å². The van der Waals surface area contributed by atoms with E-state index < -0.39 is 56.8 Å². The van der Waals surface area contributed by atoms with Gasteiger partial charge in [-0.1, -0.05) is 0 Å². The molecule has 25 heavy (non-hydrogen) atoms. The second-order valence-corrected chi connectivity index (χ2v) is 7.09. The first-order valence-corrected chi connectivity index (χ1v) is 7.80. The van der Waals surface area contributed by atoms with E-state index in [1.54, 1.807) is 0 Å². The first-order chi connectivity index (χ1) is 11.0. The van der Waals surface area contributed by atoms with Crippen molar-refractivity contribution in [3.63, 3.8) is 0 Å². The third-order valence-corrected chi connectivity index (χ3v) is 5.24. The SMILES string of the molecule is CC(=O)C(O)[C@H]1OC(O)(Br)[C@](O)(C(C)=O)[C@](O)(C(C)=O)[C@@]1(O)C(C)=O. The van der Waals surface area contributed by atoms with Crippen molar-refractivity contribution in [1.82, 2.24) is 0 Å². The number of alkyl halides is 1. The summed E-state index contributed by atoms with van der Waals surface area (Å²) in [5.74, 6) is -5.39. The van der Waals surface area contributed by atoms with E-state index in [4.69, 9.17) is 4.74 Å². The summed E-state index contributed by atoms with van der Waals surface area (Å²) >= 11 is 2.42. The van der Waals surface area contributed by atoms with Gasteiger partial charge in [0.2, 0.25) is 11.2 Å². The first kappa shape index (κ1) is 22.0. The van der Waals surface area contributed by atoms with Gasteiger partial charge in [0.25, 0.3) is 4.70 Å². The Bertz CT molecular complexity index is 646. The van der Waals surface area contributed by atoms with Gasteiger partial charge in [-0.2, -0.15) is 0 Å². The molecule has 2 unspecified atom stereocenters. The standard InChI is InChI=1S/C14H19BrO10/c1-5(16)9(20)10-11(21,6(2)17)12(22,7(3)18)13(23,8(4)19)14(15,24)25-10/h9-10,20-24H,1-4H3/t9?,10-,11-,12+,13+,14?/m1/s1. The molecule has 0 aromatic heterocycles. The Kier molecular flexibility index (Phi) is 5.51. The van der Waals surface area contributed by atoms with Gasteiger partial charge in [-0.25, -0.2) is 0 Å². The van der Waals surface area contributed by atoms with Crippen LogP contribution in [0.25, 0.3) is 0 Å². The minimum Gasteiger partial charge on any atom is -0.382 e. The molecule has 0 saturated carbocycles. The molecule has 5 N–H and O–H groups in total. The number of halogens is 1. The zero-order valence-corrected chi connectivity index (χ0v) is 15.4. The molecule has 0 amide bonds. The van der Waals surface area contributed by atoms with Crippen LogP contribution in [0.3, 0.4) is 0 Å². The molecular formula is C14H19BrO10. The van der Waals surface area contributed by atoms with Crippen molar-refractivity contribution in [2.75, 3.05) is 0 Å². The summed E-state index contributed by atoms with van der Waals surface area (Å²) in [6, 6.07) is 0. The van der Waals surface area contributed by atoms with Crippen LogP contribution >= 0.6 is 15.9 Å². The smallest absolute Gasteiger partial charge is 0.265 e. The molecule has 0 aromatic rings. The van der Waals surface area contributed by atoms with Gasteiger partial charge in [0.15, 0.2) is 28.7 Å². The summed E-state index contributed by atoms with van der Waals surface area (Å²) in [4.78, 5) is 47.8. The molecule has 1 fully saturated rings. The second kappa shape index (κ2) is 6.27. The van der Waals surface area contributed by atoms with Gasteiger partial charge in [-0.3, -0.25) is 19.2 Å². The fourth-order valence-electron chi connectivity index (χ4n) is 3.00.